The zero-order chi connectivity index (χ0) is 13.7. The summed E-state index contributed by atoms with van der Waals surface area (Å²) in [6.07, 6.45) is 1.32. The Labute approximate surface area is 137 Å². The third kappa shape index (κ3) is 3.94. The zero-order valence-electron chi connectivity index (χ0n) is 11.0. The zero-order valence-corrected chi connectivity index (χ0v) is 14.3. The minimum Gasteiger partial charge on any atom is -0.122 e. The Morgan fingerprint density at radius 2 is 1.15 bits per heavy atom. The van der Waals surface area contributed by atoms with Gasteiger partial charge in [-0.25, -0.2) is 0 Å². The van der Waals surface area contributed by atoms with Crippen LogP contribution in [-0.4, -0.2) is 14.2 Å². The lowest BCUT2D eigenvalue weighted by Crippen LogP contribution is -2.16. The topological polar surface area (TPSA) is 0 Å². The van der Waals surface area contributed by atoms with Crippen molar-refractivity contribution in [3.05, 3.63) is 60.7 Å². The molecule has 1 heterocycles. The average molecular weight is 337 g/mol. The molecule has 1 aliphatic heterocycles. The number of thioether (sulfide) groups is 4. The summed E-state index contributed by atoms with van der Waals surface area (Å²) in [4.78, 5) is 2.72. The maximum atomic E-state index is 2.22. The second-order valence-electron chi connectivity index (χ2n) is 4.38. The predicted octanol–water partition coefficient (Wildman–Crippen LogP) is 6.05. The summed E-state index contributed by atoms with van der Waals surface area (Å²) in [6, 6.07) is 21.5. The molecule has 20 heavy (non-hydrogen) atoms. The molecule has 0 nitrogen and oxygen atoms in total. The van der Waals surface area contributed by atoms with Crippen molar-refractivity contribution in [2.24, 2.45) is 0 Å². The van der Waals surface area contributed by atoms with Gasteiger partial charge >= 0.3 is 0 Å². The Bertz CT molecular complexity index is 477. The molecular formula is C16H16S4. The number of benzene rings is 2. The molecule has 0 saturated carbocycles. The molecular weight excluding hydrogens is 320 g/mol. The first-order valence-corrected chi connectivity index (χ1v) is 10.2. The summed E-state index contributed by atoms with van der Waals surface area (Å²) in [5.74, 6) is 2.51. The maximum absolute atomic E-state index is 2.22. The standard InChI is InChI=1S/C16H16S4/c1-3-8-14(9-4-1)19-16(17-12-7-13-18-16)20-15-10-5-2-6-11-15/h1-6,8-11H,7,12-13H2. The molecule has 2 aromatic carbocycles. The van der Waals surface area contributed by atoms with Crippen molar-refractivity contribution in [2.45, 2.75) is 19.0 Å². The van der Waals surface area contributed by atoms with Crippen LogP contribution in [0.1, 0.15) is 6.42 Å². The minimum atomic E-state index is 0.154. The van der Waals surface area contributed by atoms with Crippen LogP contribution in [0.5, 0.6) is 0 Å². The summed E-state index contributed by atoms with van der Waals surface area (Å²) in [5, 5.41) is 0. The number of hydrogen-bond donors (Lipinski definition) is 0. The summed E-state index contributed by atoms with van der Waals surface area (Å²) in [5.41, 5.74) is 0. The molecule has 0 spiro atoms. The molecule has 0 amide bonds. The van der Waals surface area contributed by atoms with Gasteiger partial charge in [0.15, 0.2) is 2.74 Å². The van der Waals surface area contributed by atoms with Crippen LogP contribution in [0, 0.1) is 0 Å². The quantitative estimate of drug-likeness (QED) is 0.623. The van der Waals surface area contributed by atoms with Gasteiger partial charge in [0.25, 0.3) is 0 Å². The molecule has 2 aromatic rings. The Morgan fingerprint density at radius 3 is 1.60 bits per heavy atom. The van der Waals surface area contributed by atoms with E-state index in [1.54, 1.807) is 0 Å². The average Bonchev–Trinajstić information content (AvgIpc) is 2.50. The summed E-state index contributed by atoms with van der Waals surface area (Å²) in [6.45, 7) is 0. The van der Waals surface area contributed by atoms with E-state index in [0.717, 1.165) is 0 Å². The maximum Gasteiger partial charge on any atom is 0.162 e. The van der Waals surface area contributed by atoms with Crippen molar-refractivity contribution in [3.8, 4) is 0 Å². The molecule has 1 fully saturated rings. The van der Waals surface area contributed by atoms with Crippen LogP contribution in [0.3, 0.4) is 0 Å². The van der Waals surface area contributed by atoms with Crippen LogP contribution in [0.2, 0.25) is 0 Å². The molecule has 4 heteroatoms. The van der Waals surface area contributed by atoms with Gasteiger partial charge in [-0.3, -0.25) is 0 Å². The van der Waals surface area contributed by atoms with Gasteiger partial charge in [0.2, 0.25) is 0 Å². The molecule has 0 atom stereocenters. The van der Waals surface area contributed by atoms with Crippen molar-refractivity contribution in [2.75, 3.05) is 11.5 Å². The first-order chi connectivity index (χ1) is 9.86. The molecule has 0 aliphatic carbocycles. The van der Waals surface area contributed by atoms with E-state index in [1.807, 2.05) is 23.5 Å². The highest BCUT2D eigenvalue weighted by Gasteiger charge is 2.36. The van der Waals surface area contributed by atoms with Crippen LogP contribution < -0.4 is 0 Å². The van der Waals surface area contributed by atoms with Gasteiger partial charge in [0, 0.05) is 9.79 Å². The second kappa shape index (κ2) is 7.21. The molecule has 0 N–H and O–H groups in total. The molecule has 0 bridgehead atoms. The fourth-order valence-electron chi connectivity index (χ4n) is 1.90. The molecule has 3 rings (SSSR count). The van der Waals surface area contributed by atoms with E-state index < -0.39 is 0 Å². The van der Waals surface area contributed by atoms with E-state index in [2.05, 4.69) is 84.2 Å². The molecule has 104 valence electrons. The van der Waals surface area contributed by atoms with E-state index >= 15 is 0 Å². The lowest BCUT2D eigenvalue weighted by Gasteiger charge is -2.34. The highest BCUT2D eigenvalue weighted by atomic mass is 32.3. The first kappa shape index (κ1) is 14.8. The van der Waals surface area contributed by atoms with Gasteiger partial charge < -0.3 is 0 Å². The molecule has 0 radical (unpaired) electrons. The monoisotopic (exact) mass is 336 g/mol. The fourth-order valence-corrected chi connectivity index (χ4v) is 9.00. The number of hydrogen-bond acceptors (Lipinski definition) is 4. The first-order valence-electron chi connectivity index (χ1n) is 6.62. The van der Waals surface area contributed by atoms with E-state index in [4.69, 9.17) is 0 Å². The van der Waals surface area contributed by atoms with E-state index in [-0.39, 0.29) is 2.74 Å². The highest BCUT2D eigenvalue weighted by molar-refractivity contribution is 8.48. The van der Waals surface area contributed by atoms with Crippen LogP contribution in [-0.2, 0) is 0 Å². The lowest BCUT2D eigenvalue weighted by atomic mass is 10.4. The van der Waals surface area contributed by atoms with Gasteiger partial charge in [-0.05, 0) is 42.2 Å². The summed E-state index contributed by atoms with van der Waals surface area (Å²) < 4.78 is 0.154. The predicted molar refractivity (Wildman–Crippen MR) is 96.9 cm³/mol. The van der Waals surface area contributed by atoms with Crippen molar-refractivity contribution in [1.29, 1.82) is 0 Å². The Balaban J connectivity index is 1.81. The number of rotatable bonds is 4. The molecule has 0 unspecified atom stereocenters. The third-order valence-electron chi connectivity index (χ3n) is 2.82. The van der Waals surface area contributed by atoms with Crippen LogP contribution in [0.15, 0.2) is 70.5 Å². The van der Waals surface area contributed by atoms with Crippen molar-refractivity contribution in [3.63, 3.8) is 0 Å². The van der Waals surface area contributed by atoms with Gasteiger partial charge in [-0.1, -0.05) is 59.9 Å². The van der Waals surface area contributed by atoms with E-state index in [9.17, 15) is 0 Å². The van der Waals surface area contributed by atoms with Crippen molar-refractivity contribution in [1.82, 2.24) is 0 Å². The second-order valence-corrected chi connectivity index (χ2v) is 11.1. The molecule has 0 aromatic heterocycles. The SMILES string of the molecule is c1ccc(SC2(Sc3ccccc3)SCCCS2)cc1. The van der Waals surface area contributed by atoms with Gasteiger partial charge in [-0.15, -0.1) is 23.5 Å². The Kier molecular flexibility index (Phi) is 5.32. The van der Waals surface area contributed by atoms with Crippen LogP contribution in [0.4, 0.5) is 0 Å². The largest absolute Gasteiger partial charge is 0.162 e. The summed E-state index contributed by atoms with van der Waals surface area (Å²) in [7, 11) is 0. The van der Waals surface area contributed by atoms with Gasteiger partial charge in [-0.2, -0.15) is 0 Å². The summed E-state index contributed by atoms with van der Waals surface area (Å²) >= 11 is 8.17. The van der Waals surface area contributed by atoms with Crippen molar-refractivity contribution >= 4 is 47.0 Å². The van der Waals surface area contributed by atoms with Crippen LogP contribution in [0.25, 0.3) is 0 Å². The van der Waals surface area contributed by atoms with Gasteiger partial charge in [0.05, 0.1) is 0 Å². The van der Waals surface area contributed by atoms with E-state index in [0.29, 0.717) is 0 Å². The molecule has 1 aliphatic rings. The molecule has 1 saturated heterocycles. The van der Waals surface area contributed by atoms with Gasteiger partial charge in [0.1, 0.15) is 0 Å². The fraction of sp³-hybridized carbons (Fsp3) is 0.250. The Hall–Kier alpha value is -0.160. The Morgan fingerprint density at radius 1 is 0.700 bits per heavy atom. The van der Waals surface area contributed by atoms with Crippen LogP contribution >= 0.6 is 47.0 Å². The highest BCUT2D eigenvalue weighted by Crippen LogP contribution is 2.61. The smallest absolute Gasteiger partial charge is 0.122 e. The minimum absolute atomic E-state index is 0.154. The normalized spacial score (nSPS) is 17.8. The third-order valence-corrected chi connectivity index (χ3v) is 9.65. The van der Waals surface area contributed by atoms with Crippen molar-refractivity contribution < 1.29 is 0 Å². The lowest BCUT2D eigenvalue weighted by molar-refractivity contribution is 1.11. The van der Waals surface area contributed by atoms with E-state index in [1.165, 1.54) is 27.7 Å².